The highest BCUT2D eigenvalue weighted by Gasteiger charge is 2.44. The molecule has 1 aromatic heterocycles. The number of unbranched alkanes of at least 4 members (excludes halogenated alkanes) is 1. The monoisotopic (exact) mass is 622 g/mol. The molecule has 45 heavy (non-hydrogen) atoms. The van der Waals surface area contributed by atoms with Gasteiger partial charge in [-0.25, -0.2) is 9.59 Å². The number of piperazine rings is 1. The summed E-state index contributed by atoms with van der Waals surface area (Å²) in [6, 6.07) is 10.2. The topological polar surface area (TPSA) is 138 Å². The number of nitrogens with one attached hydrogen (secondary N) is 2. The molecule has 246 valence electrons. The predicted molar refractivity (Wildman–Crippen MR) is 174 cm³/mol. The standard InChI is InChI=1S/C33H50N8O4/c1-4-6-7-29-37-33(3,23-45-29)30(42)39-18-20-40(21-19-39)31(43)35-28-16-17-41(32(44)36-28)27-12-8-24(9-13-27)22-38(5-2)26-14-10-25(34)11-15-26/h8-9,12-13,16-17,25-26,29,37H,4-7,10-11,14-15,18-23,34H2,1-3H3,(H,35,36,43,44)/t25-,26-,29-,33+/m1/s1. The summed E-state index contributed by atoms with van der Waals surface area (Å²) in [6.07, 6.45) is 8.97. The number of hydrogen-bond donors (Lipinski definition) is 3. The van der Waals surface area contributed by atoms with Gasteiger partial charge in [-0.3, -0.25) is 24.9 Å². The van der Waals surface area contributed by atoms with E-state index in [0.29, 0.717) is 50.6 Å². The summed E-state index contributed by atoms with van der Waals surface area (Å²) in [5, 5.41) is 6.11. The third-order valence-corrected chi connectivity index (χ3v) is 9.50. The Bertz CT molecular complexity index is 1350. The predicted octanol–water partition coefficient (Wildman–Crippen LogP) is 2.90. The maximum Gasteiger partial charge on any atom is 0.354 e. The Labute approximate surface area is 266 Å². The van der Waals surface area contributed by atoms with Crippen LogP contribution in [-0.2, 0) is 16.1 Å². The van der Waals surface area contributed by atoms with E-state index in [0.717, 1.165) is 58.0 Å². The summed E-state index contributed by atoms with van der Waals surface area (Å²) < 4.78 is 7.30. The second-order valence-corrected chi connectivity index (χ2v) is 12.9. The molecule has 2 saturated heterocycles. The molecule has 12 nitrogen and oxygen atoms in total. The fourth-order valence-corrected chi connectivity index (χ4v) is 6.66. The highest BCUT2D eigenvalue weighted by atomic mass is 16.5. The summed E-state index contributed by atoms with van der Waals surface area (Å²) in [4.78, 5) is 49.2. The van der Waals surface area contributed by atoms with E-state index < -0.39 is 11.2 Å². The van der Waals surface area contributed by atoms with Crippen molar-refractivity contribution < 1.29 is 14.3 Å². The van der Waals surface area contributed by atoms with E-state index in [4.69, 9.17) is 10.5 Å². The van der Waals surface area contributed by atoms with Crippen LogP contribution in [0.5, 0.6) is 0 Å². The maximum atomic E-state index is 13.3. The van der Waals surface area contributed by atoms with Gasteiger partial charge in [-0.1, -0.05) is 32.4 Å². The van der Waals surface area contributed by atoms with Crippen molar-refractivity contribution in [2.24, 2.45) is 5.73 Å². The molecule has 0 radical (unpaired) electrons. The molecule has 12 heteroatoms. The first kappa shape index (κ1) is 33.1. The molecule has 1 aromatic carbocycles. The molecular formula is C33H50N8O4. The van der Waals surface area contributed by atoms with Gasteiger partial charge in [0, 0.05) is 51.0 Å². The van der Waals surface area contributed by atoms with Crippen LogP contribution in [0.1, 0.15) is 71.3 Å². The lowest BCUT2D eigenvalue weighted by Crippen LogP contribution is -2.60. The van der Waals surface area contributed by atoms with E-state index >= 15 is 0 Å². The van der Waals surface area contributed by atoms with Gasteiger partial charge in [-0.05, 0) is 75.8 Å². The summed E-state index contributed by atoms with van der Waals surface area (Å²) >= 11 is 0. The Balaban J connectivity index is 1.11. The molecule has 3 heterocycles. The molecule has 2 atom stereocenters. The fraction of sp³-hybridized carbons (Fsp3) is 0.636. The molecule has 4 N–H and O–H groups in total. The molecule has 0 unspecified atom stereocenters. The molecule has 2 aromatic rings. The van der Waals surface area contributed by atoms with Gasteiger partial charge in [0.05, 0.1) is 12.3 Å². The number of amides is 3. The average Bonchev–Trinajstić information content (AvgIpc) is 3.45. The Kier molecular flexibility index (Phi) is 10.9. The van der Waals surface area contributed by atoms with Crippen LogP contribution >= 0.6 is 0 Å². The normalized spacial score (nSPS) is 25.5. The summed E-state index contributed by atoms with van der Waals surface area (Å²) in [7, 11) is 0. The molecule has 1 aliphatic carbocycles. The largest absolute Gasteiger partial charge is 0.361 e. The molecule has 3 aliphatic rings. The average molecular weight is 623 g/mol. The van der Waals surface area contributed by atoms with Gasteiger partial charge in [-0.15, -0.1) is 0 Å². The molecule has 1 saturated carbocycles. The third kappa shape index (κ3) is 8.10. The van der Waals surface area contributed by atoms with Crippen molar-refractivity contribution in [2.75, 3.05) is 44.6 Å². The lowest BCUT2D eigenvalue weighted by molar-refractivity contribution is -0.138. The summed E-state index contributed by atoms with van der Waals surface area (Å²) in [5.41, 5.74) is 6.79. The number of ether oxygens (including phenoxy) is 1. The van der Waals surface area contributed by atoms with Crippen LogP contribution < -0.4 is 22.1 Å². The molecule has 3 amide bonds. The number of hydrogen-bond acceptors (Lipinski definition) is 8. The first-order chi connectivity index (χ1) is 21.7. The molecule has 2 aliphatic heterocycles. The van der Waals surface area contributed by atoms with Gasteiger partial charge in [0.1, 0.15) is 17.6 Å². The van der Waals surface area contributed by atoms with Gasteiger partial charge in [0.25, 0.3) is 0 Å². The van der Waals surface area contributed by atoms with Gasteiger partial charge < -0.3 is 20.3 Å². The van der Waals surface area contributed by atoms with Crippen LogP contribution in [-0.4, -0.2) is 99.4 Å². The van der Waals surface area contributed by atoms with Crippen LogP contribution in [0.15, 0.2) is 41.3 Å². The second-order valence-electron chi connectivity index (χ2n) is 12.9. The number of anilines is 1. The van der Waals surface area contributed by atoms with Crippen LogP contribution in [0.3, 0.4) is 0 Å². The lowest BCUT2D eigenvalue weighted by atomic mass is 9.90. The minimum absolute atomic E-state index is 0.00280. The van der Waals surface area contributed by atoms with Gasteiger partial charge in [0.2, 0.25) is 5.91 Å². The van der Waals surface area contributed by atoms with Crippen molar-refractivity contribution >= 4 is 17.8 Å². The number of aromatic nitrogens is 2. The van der Waals surface area contributed by atoms with Gasteiger partial charge in [0.15, 0.2) is 0 Å². The highest BCUT2D eigenvalue weighted by Crippen LogP contribution is 2.24. The van der Waals surface area contributed by atoms with Crippen molar-refractivity contribution in [2.45, 2.75) is 96.1 Å². The molecule has 0 spiro atoms. The zero-order valence-corrected chi connectivity index (χ0v) is 27.0. The van der Waals surface area contributed by atoms with E-state index in [2.05, 4.69) is 46.5 Å². The smallest absolute Gasteiger partial charge is 0.354 e. The quantitative estimate of drug-likeness (QED) is 0.368. The number of nitrogens with two attached hydrogens (primary N) is 1. The molecular weight excluding hydrogens is 572 g/mol. The second kappa shape index (κ2) is 14.8. The SMILES string of the molecule is CCCC[C@@H]1N[C@](C)(C(=O)N2CCN(C(=O)Nc3ccn(-c4ccc(CN(CC)[C@H]5CC[C@H](N)CC5)cc4)c(=O)n3)CC2)CO1. The molecule has 0 bridgehead atoms. The van der Waals surface area contributed by atoms with E-state index in [1.54, 1.807) is 22.1 Å². The minimum Gasteiger partial charge on any atom is -0.361 e. The van der Waals surface area contributed by atoms with E-state index in [-0.39, 0.29) is 24.0 Å². The number of carbonyl (C=O) groups is 2. The number of nitrogens with zero attached hydrogens (tertiary/aromatic N) is 5. The summed E-state index contributed by atoms with van der Waals surface area (Å²) in [6.45, 7) is 10.0. The number of carbonyl (C=O) groups excluding carboxylic acids is 2. The van der Waals surface area contributed by atoms with E-state index in [1.807, 2.05) is 19.1 Å². The third-order valence-electron chi connectivity index (χ3n) is 9.50. The Morgan fingerprint density at radius 3 is 2.40 bits per heavy atom. The van der Waals surface area contributed by atoms with Crippen LogP contribution in [0.4, 0.5) is 10.6 Å². The van der Waals surface area contributed by atoms with E-state index in [9.17, 15) is 14.4 Å². The van der Waals surface area contributed by atoms with Gasteiger partial charge in [-0.2, -0.15) is 4.98 Å². The van der Waals surface area contributed by atoms with Crippen LogP contribution in [0.2, 0.25) is 0 Å². The Morgan fingerprint density at radius 2 is 1.76 bits per heavy atom. The van der Waals surface area contributed by atoms with Gasteiger partial charge >= 0.3 is 11.7 Å². The fourth-order valence-electron chi connectivity index (χ4n) is 6.66. The number of benzene rings is 1. The summed E-state index contributed by atoms with van der Waals surface area (Å²) in [5.74, 6) is 0.192. The minimum atomic E-state index is -0.753. The Morgan fingerprint density at radius 1 is 1.07 bits per heavy atom. The lowest BCUT2D eigenvalue weighted by Gasteiger charge is -2.38. The van der Waals surface area contributed by atoms with Crippen LogP contribution in [0.25, 0.3) is 5.69 Å². The first-order valence-electron chi connectivity index (χ1n) is 16.6. The number of rotatable bonds is 10. The van der Waals surface area contributed by atoms with E-state index in [1.165, 1.54) is 10.1 Å². The number of urea groups is 1. The first-order valence-corrected chi connectivity index (χ1v) is 16.6. The van der Waals surface area contributed by atoms with Crippen molar-refractivity contribution in [3.8, 4) is 5.69 Å². The van der Waals surface area contributed by atoms with Crippen molar-refractivity contribution in [3.05, 3.63) is 52.6 Å². The molecule has 5 rings (SSSR count). The maximum absolute atomic E-state index is 13.3. The van der Waals surface area contributed by atoms with Crippen molar-refractivity contribution in [1.29, 1.82) is 0 Å². The Hall–Kier alpha value is -3.32. The van der Waals surface area contributed by atoms with Crippen molar-refractivity contribution in [1.82, 2.24) is 29.6 Å². The molecule has 3 fully saturated rings. The zero-order valence-electron chi connectivity index (χ0n) is 27.0. The highest BCUT2D eigenvalue weighted by molar-refractivity contribution is 5.89. The van der Waals surface area contributed by atoms with Crippen LogP contribution in [0, 0.1) is 0 Å². The van der Waals surface area contributed by atoms with Crippen molar-refractivity contribution in [3.63, 3.8) is 0 Å². The zero-order chi connectivity index (χ0) is 32.0.